The topological polar surface area (TPSA) is 22.1 Å². The van der Waals surface area contributed by atoms with Gasteiger partial charge in [-0.2, -0.15) is 0 Å². The molecule has 0 saturated heterocycles. The molecule has 1 aromatic rings. The summed E-state index contributed by atoms with van der Waals surface area (Å²) in [5.74, 6) is 0. The summed E-state index contributed by atoms with van der Waals surface area (Å²) in [6.07, 6.45) is 0.915. The van der Waals surface area contributed by atoms with Crippen LogP contribution < -0.4 is 4.74 Å². The Kier molecular flexibility index (Phi) is 1.13. The maximum atomic E-state index is 5.61. The van der Waals surface area contributed by atoms with Crippen molar-refractivity contribution in [2.24, 2.45) is 0 Å². The zero-order chi connectivity index (χ0) is 6.27. The molecule has 1 aromatic heterocycles. The smallest absolute Gasteiger partial charge is 0.198 e. The molecule has 0 amide bonds. The minimum Gasteiger partial charge on any atom is -0.482 e. The van der Waals surface area contributed by atoms with E-state index in [4.69, 9.17) is 16.3 Å². The summed E-state index contributed by atoms with van der Waals surface area (Å²) in [4.78, 5) is 4.05. The van der Waals surface area contributed by atoms with Crippen molar-refractivity contribution in [3.8, 4) is 5.06 Å². The van der Waals surface area contributed by atoms with Crippen LogP contribution in [-0.4, -0.2) is 11.6 Å². The van der Waals surface area contributed by atoms with E-state index in [0.717, 1.165) is 23.8 Å². The van der Waals surface area contributed by atoms with Crippen LogP contribution in [0.25, 0.3) is 0 Å². The lowest BCUT2D eigenvalue weighted by Crippen LogP contribution is -1.87. The third-order valence-electron chi connectivity index (χ3n) is 1.21. The van der Waals surface area contributed by atoms with E-state index in [-0.39, 0.29) is 0 Å². The normalized spacial score (nSPS) is 15.2. The third-order valence-corrected chi connectivity index (χ3v) is 2.32. The summed E-state index contributed by atoms with van der Waals surface area (Å²) >= 11 is 7.01. The molecular weight excluding hydrogens is 158 g/mol. The van der Waals surface area contributed by atoms with Gasteiger partial charge in [-0.15, -0.1) is 0 Å². The van der Waals surface area contributed by atoms with Gasteiger partial charge in [0.15, 0.2) is 9.53 Å². The van der Waals surface area contributed by atoms with Crippen LogP contribution in [-0.2, 0) is 6.42 Å². The second-order valence-electron chi connectivity index (χ2n) is 1.80. The van der Waals surface area contributed by atoms with Crippen molar-refractivity contribution in [2.45, 2.75) is 6.42 Å². The Balaban J connectivity index is 2.51. The molecule has 0 unspecified atom stereocenters. The van der Waals surface area contributed by atoms with E-state index in [1.807, 2.05) is 0 Å². The summed E-state index contributed by atoms with van der Waals surface area (Å²) in [6.45, 7) is 0.769. The van der Waals surface area contributed by atoms with Crippen LogP contribution in [0, 0.1) is 0 Å². The predicted octanol–water partition coefficient (Wildman–Crippen LogP) is 1.73. The molecule has 0 fully saturated rings. The SMILES string of the molecule is Clc1nc2c(s1)OCC2. The Hall–Kier alpha value is -0.280. The highest BCUT2D eigenvalue weighted by Gasteiger charge is 2.16. The molecule has 0 aliphatic carbocycles. The average molecular weight is 162 g/mol. The molecule has 0 bridgehead atoms. The number of aromatic nitrogens is 1. The average Bonchev–Trinajstić information content (AvgIpc) is 2.22. The van der Waals surface area contributed by atoms with Gasteiger partial charge in [-0.1, -0.05) is 22.9 Å². The van der Waals surface area contributed by atoms with Gasteiger partial charge in [-0.05, 0) is 0 Å². The molecule has 0 spiro atoms. The van der Waals surface area contributed by atoms with Gasteiger partial charge in [0.2, 0.25) is 0 Å². The zero-order valence-electron chi connectivity index (χ0n) is 4.56. The Morgan fingerprint density at radius 1 is 1.67 bits per heavy atom. The lowest BCUT2D eigenvalue weighted by Gasteiger charge is -1.86. The summed E-state index contributed by atoms with van der Waals surface area (Å²) in [5.41, 5.74) is 1.02. The molecule has 48 valence electrons. The molecule has 2 rings (SSSR count). The van der Waals surface area contributed by atoms with Crippen molar-refractivity contribution in [1.82, 2.24) is 4.98 Å². The van der Waals surface area contributed by atoms with E-state index in [9.17, 15) is 0 Å². The Morgan fingerprint density at radius 2 is 2.56 bits per heavy atom. The molecule has 9 heavy (non-hydrogen) atoms. The molecule has 0 aromatic carbocycles. The van der Waals surface area contributed by atoms with Crippen molar-refractivity contribution >= 4 is 22.9 Å². The highest BCUT2D eigenvalue weighted by molar-refractivity contribution is 7.17. The fraction of sp³-hybridized carbons (Fsp3) is 0.400. The van der Waals surface area contributed by atoms with Gasteiger partial charge >= 0.3 is 0 Å². The fourth-order valence-corrected chi connectivity index (χ4v) is 1.85. The fourth-order valence-electron chi connectivity index (χ4n) is 0.821. The molecule has 1 aliphatic heterocycles. The van der Waals surface area contributed by atoms with E-state index in [0.29, 0.717) is 4.47 Å². The maximum Gasteiger partial charge on any atom is 0.198 e. The summed E-state index contributed by atoms with van der Waals surface area (Å²) < 4.78 is 5.77. The first-order valence-corrected chi connectivity index (χ1v) is 3.84. The molecular formula is C5H4ClNOS. The number of thiazole rings is 1. The van der Waals surface area contributed by atoms with Crippen LogP contribution in [0.4, 0.5) is 0 Å². The number of rotatable bonds is 0. The molecule has 4 heteroatoms. The van der Waals surface area contributed by atoms with Crippen molar-refractivity contribution < 1.29 is 4.74 Å². The summed E-state index contributed by atoms with van der Waals surface area (Å²) in [7, 11) is 0. The van der Waals surface area contributed by atoms with Gasteiger partial charge in [0, 0.05) is 6.42 Å². The van der Waals surface area contributed by atoms with Gasteiger partial charge in [-0.25, -0.2) is 4.98 Å². The van der Waals surface area contributed by atoms with Crippen molar-refractivity contribution in [3.05, 3.63) is 10.2 Å². The van der Waals surface area contributed by atoms with Crippen LogP contribution in [0.3, 0.4) is 0 Å². The maximum absolute atomic E-state index is 5.61. The number of hydrogen-bond donors (Lipinski definition) is 0. The van der Waals surface area contributed by atoms with Crippen LogP contribution in [0.5, 0.6) is 5.06 Å². The number of fused-ring (bicyclic) bond motifs is 1. The lowest BCUT2D eigenvalue weighted by atomic mass is 10.4. The second kappa shape index (κ2) is 1.85. The van der Waals surface area contributed by atoms with Gasteiger partial charge in [0.25, 0.3) is 0 Å². The molecule has 0 saturated carbocycles. The van der Waals surface area contributed by atoms with Crippen LogP contribution in [0.1, 0.15) is 5.69 Å². The standard InChI is InChI=1S/C5H4ClNOS/c6-5-7-3-1-2-8-4(3)9-5/h1-2H2. The number of ether oxygens (including phenoxy) is 1. The molecule has 2 heterocycles. The Labute approximate surface area is 61.4 Å². The number of nitrogens with zero attached hydrogens (tertiary/aromatic N) is 1. The Morgan fingerprint density at radius 3 is 3.33 bits per heavy atom. The van der Waals surface area contributed by atoms with Gasteiger partial charge < -0.3 is 4.74 Å². The molecule has 0 atom stereocenters. The van der Waals surface area contributed by atoms with E-state index in [1.165, 1.54) is 11.3 Å². The molecule has 1 aliphatic rings. The van der Waals surface area contributed by atoms with Crippen molar-refractivity contribution in [1.29, 1.82) is 0 Å². The summed E-state index contributed by atoms with van der Waals surface area (Å²) in [5, 5.41) is 0.903. The van der Waals surface area contributed by atoms with Crippen LogP contribution >= 0.6 is 22.9 Å². The van der Waals surface area contributed by atoms with Crippen LogP contribution in [0.2, 0.25) is 4.47 Å². The largest absolute Gasteiger partial charge is 0.482 e. The monoisotopic (exact) mass is 161 g/mol. The summed E-state index contributed by atoms with van der Waals surface area (Å²) in [6, 6.07) is 0. The van der Waals surface area contributed by atoms with Crippen molar-refractivity contribution in [3.63, 3.8) is 0 Å². The Bertz CT molecular complexity index is 213. The quantitative estimate of drug-likeness (QED) is 0.578. The van der Waals surface area contributed by atoms with Crippen molar-refractivity contribution in [2.75, 3.05) is 6.61 Å². The van der Waals surface area contributed by atoms with E-state index < -0.39 is 0 Å². The molecule has 2 nitrogen and oxygen atoms in total. The molecule has 0 radical (unpaired) electrons. The predicted molar refractivity (Wildman–Crippen MR) is 36.3 cm³/mol. The highest BCUT2D eigenvalue weighted by Crippen LogP contribution is 2.34. The molecule has 0 N–H and O–H groups in total. The lowest BCUT2D eigenvalue weighted by molar-refractivity contribution is 0.365. The minimum absolute atomic E-state index is 0.583. The number of hydrogen-bond acceptors (Lipinski definition) is 3. The van der Waals surface area contributed by atoms with E-state index >= 15 is 0 Å². The third kappa shape index (κ3) is 0.804. The van der Waals surface area contributed by atoms with Gasteiger partial charge in [0.05, 0.1) is 12.3 Å². The first kappa shape index (κ1) is 5.50. The van der Waals surface area contributed by atoms with Gasteiger partial charge in [0.1, 0.15) is 0 Å². The first-order valence-electron chi connectivity index (χ1n) is 2.64. The minimum atomic E-state index is 0.583. The van der Waals surface area contributed by atoms with E-state index in [1.54, 1.807) is 0 Å². The number of halogens is 1. The highest BCUT2D eigenvalue weighted by atomic mass is 35.5. The first-order chi connectivity index (χ1) is 4.36. The van der Waals surface area contributed by atoms with Gasteiger partial charge in [-0.3, -0.25) is 0 Å². The van der Waals surface area contributed by atoms with Crippen LogP contribution in [0.15, 0.2) is 0 Å². The van der Waals surface area contributed by atoms with E-state index in [2.05, 4.69) is 4.98 Å². The zero-order valence-corrected chi connectivity index (χ0v) is 6.13. The second-order valence-corrected chi connectivity index (χ2v) is 3.34.